The molecule has 1 atom stereocenters. The number of halogens is 2. The lowest BCUT2D eigenvalue weighted by Crippen LogP contribution is -2.13. The van der Waals surface area contributed by atoms with E-state index in [9.17, 15) is 0 Å². The minimum atomic E-state index is -0.262. The first-order valence-electron chi connectivity index (χ1n) is 4.91. The number of aliphatic hydroxyl groups excluding tert-OH is 1. The van der Waals surface area contributed by atoms with Gasteiger partial charge in [0, 0.05) is 18.2 Å². The second-order valence-electron chi connectivity index (χ2n) is 3.35. The molecule has 0 saturated heterocycles. The van der Waals surface area contributed by atoms with Crippen molar-refractivity contribution in [3.05, 3.63) is 22.2 Å². The van der Waals surface area contributed by atoms with Gasteiger partial charge < -0.3 is 20.3 Å². The van der Waals surface area contributed by atoms with Gasteiger partial charge in [0.25, 0.3) is 0 Å². The molecule has 6 heteroatoms. The molecule has 0 saturated carbocycles. The molecule has 0 spiro atoms. The largest absolute Gasteiger partial charge is 0.496 e. The predicted molar refractivity (Wildman–Crippen MR) is 73.1 cm³/mol. The highest BCUT2D eigenvalue weighted by atomic mass is 79.9. The van der Waals surface area contributed by atoms with Gasteiger partial charge in [0.1, 0.15) is 11.5 Å². The number of ether oxygens (including phenoxy) is 2. The van der Waals surface area contributed by atoms with Crippen LogP contribution in [-0.2, 0) is 0 Å². The zero-order valence-electron chi connectivity index (χ0n) is 9.77. The summed E-state index contributed by atoms with van der Waals surface area (Å²) < 4.78 is 11.3. The Morgan fingerprint density at radius 1 is 1.29 bits per heavy atom. The van der Waals surface area contributed by atoms with Crippen LogP contribution in [0.2, 0.25) is 0 Å². The molecule has 0 fully saturated rings. The second-order valence-corrected chi connectivity index (χ2v) is 4.20. The summed E-state index contributed by atoms with van der Waals surface area (Å²) in [5.41, 5.74) is 6.77. The number of hydrogen-bond acceptors (Lipinski definition) is 4. The molecular weight excluding hydrogens is 309 g/mol. The standard InChI is InChI=1S/C11H16BrNO3.ClH/c1-15-10-6-8(12)11(16-2)5-7(10)9(13)3-4-14;/h5-6,9,14H,3-4,13H2,1-2H3;1H/t9-;/m1./s1. The fourth-order valence-corrected chi connectivity index (χ4v) is 1.95. The molecule has 1 aromatic carbocycles. The molecule has 3 N–H and O–H groups in total. The maximum absolute atomic E-state index is 8.88. The van der Waals surface area contributed by atoms with Crippen LogP contribution in [-0.4, -0.2) is 25.9 Å². The van der Waals surface area contributed by atoms with E-state index in [0.29, 0.717) is 17.9 Å². The van der Waals surface area contributed by atoms with Crippen molar-refractivity contribution in [1.82, 2.24) is 0 Å². The third-order valence-electron chi connectivity index (χ3n) is 2.34. The van der Waals surface area contributed by atoms with Crippen LogP contribution in [0.1, 0.15) is 18.0 Å². The Hall–Kier alpha value is -0.490. The summed E-state index contributed by atoms with van der Waals surface area (Å²) in [5.74, 6) is 1.39. The molecule has 1 rings (SSSR count). The SMILES string of the molecule is COc1cc([C@H](N)CCO)c(OC)cc1Br.Cl. The number of aliphatic hydroxyl groups is 1. The van der Waals surface area contributed by atoms with Crippen LogP contribution in [0.5, 0.6) is 11.5 Å². The third-order valence-corrected chi connectivity index (χ3v) is 2.96. The molecule has 1 aromatic rings. The van der Waals surface area contributed by atoms with Crippen LogP contribution in [0.3, 0.4) is 0 Å². The van der Waals surface area contributed by atoms with Crippen LogP contribution in [0, 0.1) is 0 Å². The molecule has 0 aliphatic heterocycles. The number of nitrogens with two attached hydrogens (primary N) is 1. The lowest BCUT2D eigenvalue weighted by atomic mass is 10.0. The quantitative estimate of drug-likeness (QED) is 0.871. The molecule has 0 aliphatic rings. The molecule has 0 radical (unpaired) electrons. The van der Waals surface area contributed by atoms with E-state index in [1.807, 2.05) is 12.1 Å². The molecular formula is C11H17BrClNO3. The Labute approximate surface area is 116 Å². The molecule has 98 valence electrons. The van der Waals surface area contributed by atoms with E-state index >= 15 is 0 Å². The van der Waals surface area contributed by atoms with Gasteiger partial charge in [-0.3, -0.25) is 0 Å². The third kappa shape index (κ3) is 4.03. The first kappa shape index (κ1) is 16.5. The van der Waals surface area contributed by atoms with Gasteiger partial charge in [-0.25, -0.2) is 0 Å². The second kappa shape index (κ2) is 7.76. The lowest BCUT2D eigenvalue weighted by Gasteiger charge is -2.16. The summed E-state index contributed by atoms with van der Waals surface area (Å²) in [7, 11) is 3.18. The van der Waals surface area contributed by atoms with E-state index in [2.05, 4.69) is 15.9 Å². The number of methoxy groups -OCH3 is 2. The zero-order valence-corrected chi connectivity index (χ0v) is 12.2. The first-order chi connectivity index (χ1) is 7.63. The molecule has 17 heavy (non-hydrogen) atoms. The van der Waals surface area contributed by atoms with Gasteiger partial charge in [0.2, 0.25) is 0 Å². The predicted octanol–water partition coefficient (Wildman–Crippen LogP) is 2.27. The van der Waals surface area contributed by atoms with Gasteiger partial charge in [-0.15, -0.1) is 12.4 Å². The molecule has 0 bridgehead atoms. The monoisotopic (exact) mass is 325 g/mol. The summed E-state index contributed by atoms with van der Waals surface area (Å²) in [6, 6.07) is 3.37. The van der Waals surface area contributed by atoms with Gasteiger partial charge in [0.15, 0.2) is 0 Å². The van der Waals surface area contributed by atoms with E-state index in [-0.39, 0.29) is 25.1 Å². The number of rotatable bonds is 5. The average Bonchev–Trinajstić information content (AvgIpc) is 2.28. The van der Waals surface area contributed by atoms with Crippen LogP contribution in [0.25, 0.3) is 0 Å². The summed E-state index contributed by atoms with van der Waals surface area (Å²) in [5, 5.41) is 8.88. The van der Waals surface area contributed by atoms with E-state index in [1.54, 1.807) is 14.2 Å². The smallest absolute Gasteiger partial charge is 0.133 e. The van der Waals surface area contributed by atoms with Crippen molar-refractivity contribution in [2.75, 3.05) is 20.8 Å². The van der Waals surface area contributed by atoms with Crippen molar-refractivity contribution < 1.29 is 14.6 Å². The highest BCUT2D eigenvalue weighted by Gasteiger charge is 2.15. The van der Waals surface area contributed by atoms with Gasteiger partial charge in [-0.05, 0) is 34.5 Å². The van der Waals surface area contributed by atoms with Crippen molar-refractivity contribution >= 4 is 28.3 Å². The average molecular weight is 327 g/mol. The lowest BCUT2D eigenvalue weighted by molar-refractivity contribution is 0.275. The van der Waals surface area contributed by atoms with Crippen LogP contribution in [0.4, 0.5) is 0 Å². The van der Waals surface area contributed by atoms with Crippen molar-refractivity contribution in [2.24, 2.45) is 5.73 Å². The molecule has 0 unspecified atom stereocenters. The Balaban J connectivity index is 0.00000256. The first-order valence-corrected chi connectivity index (χ1v) is 5.71. The Morgan fingerprint density at radius 3 is 2.35 bits per heavy atom. The highest BCUT2D eigenvalue weighted by Crippen LogP contribution is 2.35. The Morgan fingerprint density at radius 2 is 1.88 bits per heavy atom. The Bertz CT molecular complexity index is 363. The fourth-order valence-electron chi connectivity index (χ4n) is 1.47. The van der Waals surface area contributed by atoms with Gasteiger partial charge in [0.05, 0.1) is 18.7 Å². The number of benzene rings is 1. The number of hydrogen-bond donors (Lipinski definition) is 2. The summed E-state index contributed by atoms with van der Waals surface area (Å²) in [6.45, 7) is 0.0443. The van der Waals surface area contributed by atoms with Gasteiger partial charge >= 0.3 is 0 Å². The summed E-state index contributed by atoms with van der Waals surface area (Å²) in [6.07, 6.45) is 0.487. The van der Waals surface area contributed by atoms with Gasteiger partial charge in [-0.2, -0.15) is 0 Å². The molecule has 0 aliphatic carbocycles. The van der Waals surface area contributed by atoms with Crippen molar-refractivity contribution in [3.8, 4) is 11.5 Å². The molecule has 0 heterocycles. The van der Waals surface area contributed by atoms with Crippen molar-refractivity contribution in [1.29, 1.82) is 0 Å². The maximum Gasteiger partial charge on any atom is 0.133 e. The zero-order chi connectivity index (χ0) is 12.1. The molecule has 0 amide bonds. The van der Waals surface area contributed by atoms with Crippen molar-refractivity contribution in [3.63, 3.8) is 0 Å². The van der Waals surface area contributed by atoms with E-state index < -0.39 is 0 Å². The van der Waals surface area contributed by atoms with E-state index in [4.69, 9.17) is 20.3 Å². The van der Waals surface area contributed by atoms with Crippen LogP contribution in [0.15, 0.2) is 16.6 Å². The van der Waals surface area contributed by atoms with Crippen LogP contribution < -0.4 is 15.2 Å². The molecule has 4 nitrogen and oxygen atoms in total. The summed E-state index contributed by atoms with van der Waals surface area (Å²) in [4.78, 5) is 0. The van der Waals surface area contributed by atoms with E-state index in [0.717, 1.165) is 10.0 Å². The minimum Gasteiger partial charge on any atom is -0.496 e. The highest BCUT2D eigenvalue weighted by molar-refractivity contribution is 9.10. The summed E-state index contributed by atoms with van der Waals surface area (Å²) >= 11 is 3.38. The minimum absolute atomic E-state index is 0. The maximum atomic E-state index is 8.88. The molecule has 0 aromatic heterocycles. The Kier molecular flexibility index (Phi) is 7.54. The van der Waals surface area contributed by atoms with Crippen LogP contribution >= 0.6 is 28.3 Å². The normalized spacial score (nSPS) is 11.6. The topological polar surface area (TPSA) is 64.7 Å². The van der Waals surface area contributed by atoms with Gasteiger partial charge in [-0.1, -0.05) is 0 Å². The van der Waals surface area contributed by atoms with Crippen molar-refractivity contribution in [2.45, 2.75) is 12.5 Å². The van der Waals surface area contributed by atoms with E-state index in [1.165, 1.54) is 0 Å². The fraction of sp³-hybridized carbons (Fsp3) is 0.455.